The first-order valence-corrected chi connectivity index (χ1v) is 15.5. The van der Waals surface area contributed by atoms with E-state index in [2.05, 4.69) is 49.5 Å². The van der Waals surface area contributed by atoms with Gasteiger partial charge in [0.15, 0.2) is 0 Å². The maximum Gasteiger partial charge on any atom is 0.328 e. The summed E-state index contributed by atoms with van der Waals surface area (Å²) in [6.07, 6.45) is 2.42. The van der Waals surface area contributed by atoms with Gasteiger partial charge in [-0.1, -0.05) is 84.9 Å². The lowest BCUT2D eigenvalue weighted by Crippen LogP contribution is -2.47. The Morgan fingerprint density at radius 2 is 1.67 bits per heavy atom. The second kappa shape index (κ2) is 13.4. The van der Waals surface area contributed by atoms with Crippen LogP contribution in [0.1, 0.15) is 30.5 Å². The summed E-state index contributed by atoms with van der Waals surface area (Å²) >= 11 is 0. The van der Waals surface area contributed by atoms with Gasteiger partial charge in [0.1, 0.15) is 0 Å². The van der Waals surface area contributed by atoms with Crippen LogP contribution in [0.25, 0.3) is 28.0 Å². The van der Waals surface area contributed by atoms with Crippen LogP contribution >= 0.6 is 0 Å². The number of sulfonamides is 1. The lowest BCUT2D eigenvalue weighted by molar-refractivity contribution is -0.131. The Morgan fingerprint density at radius 1 is 0.952 bits per heavy atom. The third-order valence-electron chi connectivity index (χ3n) is 7.19. The number of fused-ring (bicyclic) bond motifs is 1. The summed E-state index contributed by atoms with van der Waals surface area (Å²) in [4.78, 5) is 10.9. The number of hydrogen-bond donors (Lipinski definition) is 3. The maximum absolute atomic E-state index is 13.3. The Bertz CT molecular complexity index is 1680. The molecule has 0 amide bonds. The summed E-state index contributed by atoms with van der Waals surface area (Å²) in [5.74, 6) is -1.27. The number of aliphatic hydroxyl groups excluding tert-OH is 1. The van der Waals surface area contributed by atoms with Crippen LogP contribution in [0.15, 0.2) is 97.1 Å². The molecule has 7 nitrogen and oxygen atoms in total. The number of β-amino-alcohol motifs (C(OH)–C–C–N with tert-alkyl or cyclic N) is 1. The molecule has 42 heavy (non-hydrogen) atoms. The topological polar surface area (TPSA) is 107 Å². The molecule has 4 aromatic carbocycles. The number of nitrogens with one attached hydrogen (secondary N) is 1. The minimum atomic E-state index is -3.74. The standard InChI is InChI=1S/C34H38N2O5S/c1-34(2,21-26-15-17-27-10-4-5-11-28(27)20-26)35-22-31(37)23-36(3)42(40,41)24-30-12-6-7-14-32(30)29-13-8-9-25(19-29)16-18-33(38)39/h4-20,31,35,37H,21-24H2,1-3H3,(H,38,39)/t31-/m1/s1. The van der Waals surface area contributed by atoms with Crippen molar-refractivity contribution in [3.05, 3.63) is 114 Å². The van der Waals surface area contributed by atoms with Crippen molar-refractivity contribution in [2.45, 2.75) is 37.7 Å². The predicted molar refractivity (Wildman–Crippen MR) is 170 cm³/mol. The van der Waals surface area contributed by atoms with Gasteiger partial charge in [0.25, 0.3) is 0 Å². The van der Waals surface area contributed by atoms with Crippen molar-refractivity contribution in [1.29, 1.82) is 0 Å². The number of carboxylic acids is 1. The van der Waals surface area contributed by atoms with E-state index in [0.717, 1.165) is 23.6 Å². The number of carbonyl (C=O) groups is 1. The highest BCUT2D eigenvalue weighted by atomic mass is 32.2. The monoisotopic (exact) mass is 586 g/mol. The SMILES string of the molecule is CN(C[C@H](O)CNC(C)(C)Cc1ccc2ccccc2c1)S(=O)(=O)Cc1ccccc1-c1cccc(C=CC(=O)O)c1. The van der Waals surface area contributed by atoms with E-state index in [-0.39, 0.29) is 24.4 Å². The van der Waals surface area contributed by atoms with Crippen LogP contribution in [-0.2, 0) is 27.0 Å². The molecule has 0 heterocycles. The van der Waals surface area contributed by atoms with Crippen LogP contribution in [0.4, 0.5) is 0 Å². The highest BCUT2D eigenvalue weighted by Gasteiger charge is 2.25. The zero-order chi connectivity index (χ0) is 30.3. The van der Waals surface area contributed by atoms with Gasteiger partial charge in [0, 0.05) is 31.8 Å². The van der Waals surface area contributed by atoms with Gasteiger partial charge in [-0.15, -0.1) is 0 Å². The molecule has 3 N–H and O–H groups in total. The number of likely N-dealkylation sites (N-methyl/N-ethyl adjacent to an activating group) is 1. The highest BCUT2D eigenvalue weighted by molar-refractivity contribution is 7.88. The number of rotatable bonds is 13. The summed E-state index contributed by atoms with van der Waals surface area (Å²) in [6.45, 7) is 4.34. The normalized spacial score (nSPS) is 13.2. The Kier molecular flexibility index (Phi) is 9.96. The molecule has 0 aliphatic carbocycles. The molecule has 0 spiro atoms. The van der Waals surface area contributed by atoms with Gasteiger partial charge in [0.2, 0.25) is 10.0 Å². The first-order valence-electron chi connectivity index (χ1n) is 13.9. The molecule has 0 aliphatic rings. The van der Waals surface area contributed by atoms with Gasteiger partial charge in [-0.2, -0.15) is 0 Å². The Labute approximate surface area is 248 Å². The van der Waals surface area contributed by atoms with Crippen LogP contribution in [0.2, 0.25) is 0 Å². The molecule has 0 bridgehead atoms. The zero-order valence-corrected chi connectivity index (χ0v) is 25.0. The van der Waals surface area contributed by atoms with E-state index >= 15 is 0 Å². The molecular weight excluding hydrogens is 548 g/mol. The molecule has 0 unspecified atom stereocenters. The van der Waals surface area contributed by atoms with Crippen molar-refractivity contribution < 1.29 is 23.4 Å². The summed E-state index contributed by atoms with van der Waals surface area (Å²) in [5.41, 5.74) is 3.72. The molecule has 1 atom stereocenters. The van der Waals surface area contributed by atoms with Crippen molar-refractivity contribution in [3.8, 4) is 11.1 Å². The minimum absolute atomic E-state index is 0.0426. The third-order valence-corrected chi connectivity index (χ3v) is 8.96. The summed E-state index contributed by atoms with van der Waals surface area (Å²) in [6, 6.07) is 29.2. The first-order chi connectivity index (χ1) is 19.9. The van der Waals surface area contributed by atoms with E-state index in [1.54, 1.807) is 24.3 Å². The minimum Gasteiger partial charge on any atom is -0.478 e. The third kappa shape index (κ3) is 8.59. The molecule has 4 rings (SSSR count). The number of nitrogens with zero attached hydrogens (tertiary/aromatic N) is 1. The van der Waals surface area contributed by atoms with Gasteiger partial charge in [0.05, 0.1) is 11.9 Å². The lowest BCUT2D eigenvalue weighted by atomic mass is 9.93. The van der Waals surface area contributed by atoms with E-state index < -0.39 is 22.1 Å². The number of benzene rings is 4. The molecule has 0 radical (unpaired) electrons. The smallest absolute Gasteiger partial charge is 0.328 e. The molecular formula is C34H38N2O5S. The van der Waals surface area contributed by atoms with Crippen molar-refractivity contribution in [3.63, 3.8) is 0 Å². The summed E-state index contributed by atoms with van der Waals surface area (Å²) in [7, 11) is -2.25. The number of hydrogen-bond acceptors (Lipinski definition) is 5. The highest BCUT2D eigenvalue weighted by Crippen LogP contribution is 2.27. The van der Waals surface area contributed by atoms with Gasteiger partial charge in [-0.05, 0) is 71.0 Å². The average Bonchev–Trinajstić information content (AvgIpc) is 2.95. The Balaban J connectivity index is 1.37. The molecule has 0 saturated heterocycles. The Hall–Kier alpha value is -3.82. The van der Waals surface area contributed by atoms with E-state index in [1.807, 2.05) is 36.4 Å². The van der Waals surface area contributed by atoms with Gasteiger partial charge < -0.3 is 15.5 Å². The van der Waals surface area contributed by atoms with Crippen molar-refractivity contribution in [2.24, 2.45) is 0 Å². The van der Waals surface area contributed by atoms with Gasteiger partial charge >= 0.3 is 5.97 Å². The summed E-state index contributed by atoms with van der Waals surface area (Å²) < 4.78 is 27.9. The van der Waals surface area contributed by atoms with E-state index in [4.69, 9.17) is 5.11 Å². The zero-order valence-electron chi connectivity index (χ0n) is 24.2. The molecule has 0 fully saturated rings. The van der Waals surface area contributed by atoms with Crippen LogP contribution in [-0.4, -0.2) is 60.7 Å². The second-order valence-electron chi connectivity index (χ2n) is 11.3. The lowest BCUT2D eigenvalue weighted by Gasteiger charge is -2.29. The molecule has 0 aliphatic heterocycles. The van der Waals surface area contributed by atoms with Crippen molar-refractivity contribution in [1.82, 2.24) is 9.62 Å². The predicted octanol–water partition coefficient (Wildman–Crippen LogP) is 5.34. The second-order valence-corrected chi connectivity index (χ2v) is 13.3. The van der Waals surface area contributed by atoms with E-state index in [0.29, 0.717) is 11.1 Å². The first kappa shape index (κ1) is 31.1. The van der Waals surface area contributed by atoms with Crippen LogP contribution in [0.3, 0.4) is 0 Å². The van der Waals surface area contributed by atoms with Crippen LogP contribution < -0.4 is 5.32 Å². The Morgan fingerprint density at radius 3 is 2.43 bits per heavy atom. The number of carboxylic acid groups (broad SMARTS) is 1. The molecule has 220 valence electrons. The van der Waals surface area contributed by atoms with Gasteiger partial charge in [-0.25, -0.2) is 17.5 Å². The maximum atomic E-state index is 13.3. The fraction of sp³-hybridized carbons (Fsp3) is 0.265. The van der Waals surface area contributed by atoms with Crippen LogP contribution in [0.5, 0.6) is 0 Å². The van der Waals surface area contributed by atoms with Gasteiger partial charge in [-0.3, -0.25) is 0 Å². The fourth-order valence-corrected chi connectivity index (χ4v) is 6.27. The largest absolute Gasteiger partial charge is 0.478 e. The van der Waals surface area contributed by atoms with Crippen molar-refractivity contribution in [2.75, 3.05) is 20.1 Å². The fourth-order valence-electron chi connectivity index (χ4n) is 5.00. The molecule has 4 aromatic rings. The summed E-state index contributed by atoms with van der Waals surface area (Å²) in [5, 5.41) is 25.5. The quantitative estimate of drug-likeness (QED) is 0.183. The van der Waals surface area contributed by atoms with E-state index in [1.165, 1.54) is 33.8 Å². The molecule has 8 heteroatoms. The number of aliphatic hydroxyl groups is 1. The van der Waals surface area contributed by atoms with Crippen molar-refractivity contribution >= 4 is 32.8 Å². The molecule has 0 aromatic heterocycles. The molecule has 0 saturated carbocycles. The van der Waals surface area contributed by atoms with Crippen LogP contribution in [0, 0.1) is 0 Å². The average molecular weight is 587 g/mol. The number of aliphatic carboxylic acids is 1. The van der Waals surface area contributed by atoms with E-state index in [9.17, 15) is 18.3 Å².